The molecule has 0 fully saturated rings. The third-order valence-electron chi connectivity index (χ3n) is 1.80. The van der Waals surface area contributed by atoms with Crippen LogP contribution in [-0.2, 0) is 4.79 Å². The number of Topliss-reactive ketones (excluding diaryl/α,β-unsaturated/α-hetero) is 1. The maximum Gasteiger partial charge on any atom is 0.221 e. The van der Waals surface area contributed by atoms with Gasteiger partial charge in [0.1, 0.15) is 0 Å². The second-order valence-electron chi connectivity index (χ2n) is 2.97. The number of nitrogens with one attached hydrogen (secondary N) is 1. The molecule has 1 rings (SSSR count). The van der Waals surface area contributed by atoms with Crippen molar-refractivity contribution in [2.75, 3.05) is 11.9 Å². The van der Waals surface area contributed by atoms with E-state index in [4.69, 9.17) is 17.3 Å². The Labute approximate surface area is 92.4 Å². The number of para-hydroxylation sites is 1. The number of carbonyl (C=O) groups is 2. The average Bonchev–Trinajstić information content (AvgIpc) is 2.19. The maximum absolute atomic E-state index is 11.4. The number of carbonyl (C=O) groups excluding carboxylic acids is 2. The molecule has 0 spiro atoms. The molecule has 0 saturated carbocycles. The number of anilines is 1. The molecule has 0 aliphatic heterocycles. The number of ketones is 1. The van der Waals surface area contributed by atoms with E-state index in [1.807, 2.05) is 0 Å². The molecule has 80 valence electrons. The van der Waals surface area contributed by atoms with Gasteiger partial charge in [-0.15, -0.1) is 0 Å². The average molecular weight is 227 g/mol. The summed E-state index contributed by atoms with van der Waals surface area (Å²) in [6.45, 7) is 1.23. The highest BCUT2D eigenvalue weighted by molar-refractivity contribution is 6.34. The predicted molar refractivity (Wildman–Crippen MR) is 59.1 cm³/mol. The van der Waals surface area contributed by atoms with Crippen molar-refractivity contribution in [1.82, 2.24) is 0 Å². The standard InChI is InChI=1S/C10H11ClN2O2/c1-6(14)13-10-7(9(15)5-12)3-2-4-8(10)11/h2-4H,5,12H2,1H3,(H,13,14). The Morgan fingerprint density at radius 3 is 2.67 bits per heavy atom. The van der Waals surface area contributed by atoms with Crippen molar-refractivity contribution < 1.29 is 9.59 Å². The molecule has 0 heterocycles. The lowest BCUT2D eigenvalue weighted by atomic mass is 10.1. The van der Waals surface area contributed by atoms with Crippen LogP contribution in [0, 0.1) is 0 Å². The van der Waals surface area contributed by atoms with Crippen molar-refractivity contribution in [3.05, 3.63) is 28.8 Å². The SMILES string of the molecule is CC(=O)Nc1c(Cl)cccc1C(=O)CN. The molecule has 1 aromatic carbocycles. The van der Waals surface area contributed by atoms with Gasteiger partial charge in [0.05, 0.1) is 17.3 Å². The van der Waals surface area contributed by atoms with Gasteiger partial charge >= 0.3 is 0 Å². The van der Waals surface area contributed by atoms with Crippen LogP contribution < -0.4 is 11.1 Å². The second-order valence-corrected chi connectivity index (χ2v) is 3.38. The van der Waals surface area contributed by atoms with Crippen LogP contribution in [0.2, 0.25) is 5.02 Å². The van der Waals surface area contributed by atoms with Crippen molar-refractivity contribution in [2.24, 2.45) is 5.73 Å². The van der Waals surface area contributed by atoms with Crippen LogP contribution in [0.15, 0.2) is 18.2 Å². The maximum atomic E-state index is 11.4. The molecule has 0 aliphatic rings. The zero-order chi connectivity index (χ0) is 11.4. The van der Waals surface area contributed by atoms with Gasteiger partial charge in [0.25, 0.3) is 0 Å². The van der Waals surface area contributed by atoms with Crippen LogP contribution in [-0.4, -0.2) is 18.2 Å². The third kappa shape index (κ3) is 2.78. The second kappa shape index (κ2) is 4.91. The van der Waals surface area contributed by atoms with Crippen LogP contribution in [0.1, 0.15) is 17.3 Å². The lowest BCUT2D eigenvalue weighted by Gasteiger charge is -2.09. The van der Waals surface area contributed by atoms with Gasteiger partial charge in [-0.2, -0.15) is 0 Å². The van der Waals surface area contributed by atoms with Gasteiger partial charge in [0, 0.05) is 12.5 Å². The molecule has 0 radical (unpaired) electrons. The van der Waals surface area contributed by atoms with Gasteiger partial charge in [-0.1, -0.05) is 17.7 Å². The first kappa shape index (κ1) is 11.7. The quantitative estimate of drug-likeness (QED) is 0.766. The van der Waals surface area contributed by atoms with Crippen molar-refractivity contribution in [2.45, 2.75) is 6.92 Å². The number of hydrogen-bond acceptors (Lipinski definition) is 3. The van der Waals surface area contributed by atoms with E-state index in [2.05, 4.69) is 5.32 Å². The largest absolute Gasteiger partial charge is 0.324 e. The third-order valence-corrected chi connectivity index (χ3v) is 2.12. The van der Waals surface area contributed by atoms with E-state index in [0.29, 0.717) is 16.3 Å². The summed E-state index contributed by atoms with van der Waals surface area (Å²) in [5, 5.41) is 2.83. The fraction of sp³-hybridized carbons (Fsp3) is 0.200. The Kier molecular flexibility index (Phi) is 3.82. The fourth-order valence-corrected chi connectivity index (χ4v) is 1.39. The molecular formula is C10H11ClN2O2. The Bertz CT molecular complexity index is 404. The minimum absolute atomic E-state index is 0.118. The summed E-state index contributed by atoms with van der Waals surface area (Å²) >= 11 is 5.87. The first-order valence-corrected chi connectivity index (χ1v) is 4.73. The number of rotatable bonds is 3. The normalized spacial score (nSPS) is 9.80. The number of halogens is 1. The van der Waals surface area contributed by atoms with Crippen molar-refractivity contribution >= 4 is 29.0 Å². The summed E-state index contributed by atoms with van der Waals surface area (Å²) in [7, 11) is 0. The summed E-state index contributed by atoms with van der Waals surface area (Å²) < 4.78 is 0. The van der Waals surface area contributed by atoms with E-state index < -0.39 is 0 Å². The summed E-state index contributed by atoms with van der Waals surface area (Å²) in [6, 6.07) is 4.81. The number of nitrogens with two attached hydrogens (primary N) is 1. The van der Waals surface area contributed by atoms with Crippen LogP contribution in [0.5, 0.6) is 0 Å². The highest BCUT2D eigenvalue weighted by Crippen LogP contribution is 2.26. The first-order valence-electron chi connectivity index (χ1n) is 4.35. The van der Waals surface area contributed by atoms with Crippen LogP contribution in [0.25, 0.3) is 0 Å². The first-order chi connectivity index (χ1) is 7.06. The van der Waals surface area contributed by atoms with Crippen molar-refractivity contribution in [3.63, 3.8) is 0 Å². The van der Waals surface area contributed by atoms with Crippen LogP contribution in [0.4, 0.5) is 5.69 Å². The summed E-state index contributed by atoms with van der Waals surface area (Å²) in [6.07, 6.45) is 0. The van der Waals surface area contributed by atoms with E-state index in [9.17, 15) is 9.59 Å². The number of benzene rings is 1. The van der Waals surface area contributed by atoms with E-state index in [1.165, 1.54) is 6.92 Å². The summed E-state index contributed by atoms with van der Waals surface area (Å²) in [5.74, 6) is -0.546. The Balaban J connectivity index is 3.19. The lowest BCUT2D eigenvalue weighted by Crippen LogP contribution is -2.17. The zero-order valence-corrected chi connectivity index (χ0v) is 8.97. The van der Waals surface area contributed by atoms with Crippen LogP contribution in [0.3, 0.4) is 0 Å². The minimum Gasteiger partial charge on any atom is -0.324 e. The van der Waals surface area contributed by atoms with Gasteiger partial charge < -0.3 is 11.1 Å². The summed E-state index contributed by atoms with van der Waals surface area (Å²) in [5.41, 5.74) is 5.90. The molecule has 3 N–H and O–H groups in total. The monoisotopic (exact) mass is 226 g/mol. The molecule has 0 unspecified atom stereocenters. The molecule has 0 saturated heterocycles. The predicted octanol–water partition coefficient (Wildman–Crippen LogP) is 1.44. The molecule has 5 heteroatoms. The highest BCUT2D eigenvalue weighted by Gasteiger charge is 2.13. The van der Waals surface area contributed by atoms with Crippen molar-refractivity contribution in [3.8, 4) is 0 Å². The zero-order valence-electron chi connectivity index (χ0n) is 8.21. The highest BCUT2D eigenvalue weighted by atomic mass is 35.5. The molecule has 1 amide bonds. The summed E-state index contributed by atoms with van der Waals surface area (Å²) in [4.78, 5) is 22.3. The van der Waals surface area contributed by atoms with Gasteiger partial charge in [0.2, 0.25) is 5.91 Å². The molecule has 4 nitrogen and oxygen atoms in total. The number of hydrogen-bond donors (Lipinski definition) is 2. The van der Waals surface area contributed by atoms with Gasteiger partial charge in [-0.3, -0.25) is 9.59 Å². The Morgan fingerprint density at radius 2 is 2.13 bits per heavy atom. The smallest absolute Gasteiger partial charge is 0.221 e. The molecule has 0 bridgehead atoms. The van der Waals surface area contributed by atoms with E-state index in [-0.39, 0.29) is 18.2 Å². The van der Waals surface area contributed by atoms with Gasteiger partial charge in [-0.25, -0.2) is 0 Å². The molecule has 0 atom stereocenters. The van der Waals surface area contributed by atoms with Gasteiger partial charge in [-0.05, 0) is 12.1 Å². The van der Waals surface area contributed by atoms with E-state index in [1.54, 1.807) is 18.2 Å². The molecule has 1 aromatic rings. The lowest BCUT2D eigenvalue weighted by molar-refractivity contribution is -0.114. The Hall–Kier alpha value is -1.39. The van der Waals surface area contributed by atoms with Crippen LogP contribution >= 0.6 is 11.6 Å². The van der Waals surface area contributed by atoms with Gasteiger partial charge in [0.15, 0.2) is 5.78 Å². The fourth-order valence-electron chi connectivity index (χ4n) is 1.17. The van der Waals surface area contributed by atoms with E-state index in [0.717, 1.165) is 0 Å². The molecular weight excluding hydrogens is 216 g/mol. The van der Waals surface area contributed by atoms with Crippen molar-refractivity contribution in [1.29, 1.82) is 0 Å². The molecule has 15 heavy (non-hydrogen) atoms. The Morgan fingerprint density at radius 1 is 1.47 bits per heavy atom. The molecule has 0 aliphatic carbocycles. The topological polar surface area (TPSA) is 72.2 Å². The molecule has 0 aromatic heterocycles. The number of amides is 1. The van der Waals surface area contributed by atoms with E-state index >= 15 is 0 Å². The minimum atomic E-state index is -0.283.